The van der Waals surface area contributed by atoms with Crippen LogP contribution >= 0.6 is 23.1 Å². The molecule has 27 heavy (non-hydrogen) atoms. The van der Waals surface area contributed by atoms with E-state index in [1.807, 2.05) is 6.92 Å². The van der Waals surface area contributed by atoms with E-state index < -0.39 is 33.5 Å². The van der Waals surface area contributed by atoms with E-state index >= 15 is 0 Å². The predicted molar refractivity (Wildman–Crippen MR) is 104 cm³/mol. The van der Waals surface area contributed by atoms with Crippen LogP contribution in [0.1, 0.15) is 26.0 Å². The van der Waals surface area contributed by atoms with Gasteiger partial charge in [0.05, 0.1) is 11.4 Å². The van der Waals surface area contributed by atoms with Crippen LogP contribution in [0.15, 0.2) is 9.59 Å². The number of ether oxygens (including phenoxy) is 1. The monoisotopic (exact) mass is 415 g/mol. The maximum absolute atomic E-state index is 12.6. The normalized spacial score (nSPS) is 23.6. The van der Waals surface area contributed by atoms with Crippen molar-refractivity contribution in [3.63, 3.8) is 0 Å². The molecule has 4 N–H and O–H groups in total. The van der Waals surface area contributed by atoms with Crippen LogP contribution in [0.4, 0.5) is 5.95 Å². The van der Waals surface area contributed by atoms with Crippen LogP contribution in [0.2, 0.25) is 0 Å². The van der Waals surface area contributed by atoms with Crippen molar-refractivity contribution in [3.05, 3.63) is 20.0 Å². The van der Waals surface area contributed by atoms with Gasteiger partial charge in [-0.25, -0.2) is 0 Å². The first-order valence-corrected chi connectivity index (χ1v) is 10.1. The molecule has 0 aliphatic carbocycles. The number of H-pyrrole nitrogens is 1. The number of nitrogens with one attached hydrogen (secondary N) is 1. The number of nitrogens with two attached hydrogens (primary N) is 1. The van der Waals surface area contributed by atoms with Crippen molar-refractivity contribution in [1.82, 2.24) is 19.4 Å². The minimum Gasteiger partial charge on any atom is -0.390 e. The number of carbonyl (C=O) groups excluding carboxylic acids is 1. The minimum atomic E-state index is -0.847. The Morgan fingerprint density at radius 3 is 2.81 bits per heavy atom. The molecule has 2 aromatic rings. The van der Waals surface area contributed by atoms with Crippen LogP contribution in [0.5, 0.6) is 0 Å². The molecule has 1 fully saturated rings. The molecule has 1 aliphatic rings. The number of nitrogen functional groups attached to an aromatic ring is 1. The number of aliphatic hydroxyl groups excluding tert-OH is 1. The first-order chi connectivity index (χ1) is 12.7. The van der Waals surface area contributed by atoms with Gasteiger partial charge in [-0.3, -0.25) is 23.9 Å². The largest absolute Gasteiger partial charge is 0.390 e. The van der Waals surface area contributed by atoms with Crippen LogP contribution in [0.3, 0.4) is 0 Å². The molecular weight excluding hydrogens is 394 g/mol. The molecule has 1 saturated heterocycles. The van der Waals surface area contributed by atoms with Crippen molar-refractivity contribution in [1.29, 1.82) is 0 Å². The third kappa shape index (κ3) is 3.74. The van der Waals surface area contributed by atoms with Gasteiger partial charge in [-0.05, 0) is 6.42 Å². The van der Waals surface area contributed by atoms with Gasteiger partial charge in [-0.15, -0.1) is 11.8 Å². The van der Waals surface area contributed by atoms with Crippen molar-refractivity contribution in [2.24, 2.45) is 0 Å². The number of nitrogens with zero attached hydrogens (tertiary/aromatic N) is 3. The van der Waals surface area contributed by atoms with Crippen molar-refractivity contribution in [2.45, 2.75) is 42.8 Å². The van der Waals surface area contributed by atoms with Gasteiger partial charge in [0.1, 0.15) is 10.1 Å². The summed E-state index contributed by atoms with van der Waals surface area (Å²) in [6.07, 6.45) is -1.03. The van der Waals surface area contributed by atoms with Crippen molar-refractivity contribution in [2.75, 3.05) is 19.8 Å². The molecule has 148 valence electrons. The molecule has 1 aliphatic heterocycles. The van der Waals surface area contributed by atoms with Crippen LogP contribution in [0.25, 0.3) is 10.3 Å². The standard InChI is InChI=1S/C15H21N5O5S2/c1-4-6(21)13-25-12(7(26-13)5-8(22)19(2)3)20-10-9(27-15(20)24)11(23)18-14(16)17-10/h6-7,12-13,21H,4-5H2,1-3H3,(H3,16,17,18,23)/t6?,7-,12+,13-/m0/s1. The summed E-state index contributed by atoms with van der Waals surface area (Å²) in [5.41, 5.74) is 4.65. The Balaban J connectivity index is 2.07. The summed E-state index contributed by atoms with van der Waals surface area (Å²) < 4.78 is 7.34. The fourth-order valence-corrected chi connectivity index (χ4v) is 5.07. The molecule has 3 heterocycles. The van der Waals surface area contributed by atoms with Crippen LogP contribution in [-0.4, -0.2) is 61.3 Å². The lowest BCUT2D eigenvalue weighted by Gasteiger charge is -2.20. The average Bonchev–Trinajstić information content (AvgIpc) is 3.14. The van der Waals surface area contributed by atoms with Crippen molar-refractivity contribution >= 4 is 45.3 Å². The molecule has 0 spiro atoms. The number of amides is 1. The lowest BCUT2D eigenvalue weighted by atomic mass is 10.2. The van der Waals surface area contributed by atoms with E-state index in [0.717, 1.165) is 11.3 Å². The summed E-state index contributed by atoms with van der Waals surface area (Å²) >= 11 is 2.04. The maximum Gasteiger partial charge on any atom is 0.311 e. The molecule has 12 heteroatoms. The number of hydrogen-bond acceptors (Lipinski definition) is 9. The summed E-state index contributed by atoms with van der Waals surface area (Å²) in [6, 6.07) is 0. The molecule has 0 saturated carbocycles. The van der Waals surface area contributed by atoms with Gasteiger partial charge >= 0.3 is 4.87 Å². The van der Waals surface area contributed by atoms with Crippen LogP contribution < -0.4 is 16.2 Å². The number of anilines is 1. The smallest absolute Gasteiger partial charge is 0.311 e. The molecule has 0 aromatic carbocycles. The fourth-order valence-electron chi connectivity index (χ4n) is 2.77. The van der Waals surface area contributed by atoms with Gasteiger partial charge in [0.25, 0.3) is 5.56 Å². The number of rotatable bonds is 5. The predicted octanol–water partition coefficient (Wildman–Crippen LogP) is -0.0656. The topological polar surface area (TPSA) is 144 Å². The Labute approximate surface area is 162 Å². The van der Waals surface area contributed by atoms with E-state index in [-0.39, 0.29) is 28.6 Å². The highest BCUT2D eigenvalue weighted by Gasteiger charge is 2.42. The third-order valence-corrected chi connectivity index (χ3v) is 6.64. The number of thiazole rings is 1. The molecule has 0 radical (unpaired) electrons. The fraction of sp³-hybridized carbons (Fsp3) is 0.600. The summed E-state index contributed by atoms with van der Waals surface area (Å²) in [4.78, 5) is 44.4. The van der Waals surface area contributed by atoms with Crippen molar-refractivity contribution < 1.29 is 14.6 Å². The quantitative estimate of drug-likeness (QED) is 0.616. The Hall–Kier alpha value is -1.89. The lowest BCUT2D eigenvalue weighted by molar-refractivity contribution is -0.129. The molecule has 0 bridgehead atoms. The lowest BCUT2D eigenvalue weighted by Crippen LogP contribution is -2.32. The van der Waals surface area contributed by atoms with E-state index in [2.05, 4.69) is 9.97 Å². The Bertz CT molecular complexity index is 968. The molecule has 3 rings (SSSR count). The first-order valence-electron chi connectivity index (χ1n) is 8.32. The number of aliphatic hydroxyl groups is 1. The molecule has 4 atom stereocenters. The van der Waals surface area contributed by atoms with E-state index in [9.17, 15) is 19.5 Å². The zero-order valence-corrected chi connectivity index (χ0v) is 16.7. The summed E-state index contributed by atoms with van der Waals surface area (Å²) in [5.74, 6) is -0.249. The number of aromatic amines is 1. The maximum atomic E-state index is 12.6. The highest BCUT2D eigenvalue weighted by Crippen LogP contribution is 2.43. The molecular formula is C15H21N5O5S2. The molecule has 1 amide bonds. The van der Waals surface area contributed by atoms with E-state index in [1.165, 1.54) is 21.2 Å². The Morgan fingerprint density at radius 2 is 2.19 bits per heavy atom. The second-order valence-electron chi connectivity index (χ2n) is 6.38. The number of thioether (sulfide) groups is 1. The van der Waals surface area contributed by atoms with Gasteiger partial charge in [-0.1, -0.05) is 18.3 Å². The summed E-state index contributed by atoms with van der Waals surface area (Å²) in [5, 5.41) is 9.76. The molecule has 1 unspecified atom stereocenters. The number of aromatic nitrogens is 3. The zero-order chi connectivity index (χ0) is 19.9. The third-order valence-electron chi connectivity index (χ3n) is 4.25. The molecule has 10 nitrogen and oxygen atoms in total. The van der Waals surface area contributed by atoms with Crippen LogP contribution in [0, 0.1) is 0 Å². The van der Waals surface area contributed by atoms with Gasteiger partial charge in [0.15, 0.2) is 11.9 Å². The van der Waals surface area contributed by atoms with Gasteiger partial charge in [0, 0.05) is 20.5 Å². The van der Waals surface area contributed by atoms with E-state index in [4.69, 9.17) is 10.5 Å². The van der Waals surface area contributed by atoms with Crippen molar-refractivity contribution in [3.8, 4) is 0 Å². The Morgan fingerprint density at radius 1 is 1.48 bits per heavy atom. The second kappa shape index (κ2) is 7.62. The van der Waals surface area contributed by atoms with E-state index in [0.29, 0.717) is 6.42 Å². The number of carbonyl (C=O) groups is 1. The summed E-state index contributed by atoms with van der Waals surface area (Å²) in [7, 11) is 3.29. The first kappa shape index (κ1) is 19.9. The number of hydrogen-bond donors (Lipinski definition) is 3. The second-order valence-corrected chi connectivity index (χ2v) is 8.68. The van der Waals surface area contributed by atoms with Gasteiger partial charge in [0.2, 0.25) is 11.9 Å². The highest BCUT2D eigenvalue weighted by molar-refractivity contribution is 8.00. The number of fused-ring (bicyclic) bond motifs is 1. The minimum absolute atomic E-state index is 0.109. The van der Waals surface area contributed by atoms with Gasteiger partial charge < -0.3 is 20.5 Å². The summed E-state index contributed by atoms with van der Waals surface area (Å²) in [6.45, 7) is 1.82. The van der Waals surface area contributed by atoms with Crippen LogP contribution in [-0.2, 0) is 9.53 Å². The Kier molecular flexibility index (Phi) is 5.60. The SMILES string of the molecule is CCC(O)[C@H]1O[C@@H](n2c(=O)sc3c(=O)[nH]c(N)nc32)[C@H](CC(=O)N(C)C)S1. The zero-order valence-electron chi connectivity index (χ0n) is 15.0. The van der Waals surface area contributed by atoms with Gasteiger partial charge in [-0.2, -0.15) is 4.98 Å². The molecule has 2 aromatic heterocycles. The average molecular weight is 415 g/mol. The highest BCUT2D eigenvalue weighted by atomic mass is 32.2. The van der Waals surface area contributed by atoms with E-state index in [1.54, 1.807) is 14.1 Å².